The Balaban J connectivity index is 2.51. The fraction of sp³-hybridized carbons (Fsp3) is 0.333. The number of aromatic carboxylic acids is 1. The Morgan fingerprint density at radius 3 is 2.63 bits per heavy atom. The highest BCUT2D eigenvalue weighted by Crippen LogP contribution is 2.26. The second-order valence-corrected chi connectivity index (χ2v) is 4.57. The molecule has 2 aromatic rings. The Bertz CT molecular complexity index is 614. The zero-order valence-corrected chi connectivity index (χ0v) is 11.4. The maximum atomic E-state index is 11.2. The highest BCUT2D eigenvalue weighted by Gasteiger charge is 2.14. The van der Waals surface area contributed by atoms with E-state index in [1.54, 1.807) is 12.1 Å². The standard InChI is InChI=1S/C15H17NO3/c1-4-5-13-11(15(17)18)6-7-14(16-13)12-8-9(2)19-10(12)3/h6-8H,4-5H2,1-3H3,(H,17,18). The van der Waals surface area contributed by atoms with Gasteiger partial charge < -0.3 is 9.52 Å². The average Bonchev–Trinajstić information content (AvgIpc) is 2.68. The van der Waals surface area contributed by atoms with E-state index < -0.39 is 5.97 Å². The summed E-state index contributed by atoms with van der Waals surface area (Å²) in [5.74, 6) is 0.701. The van der Waals surface area contributed by atoms with Crippen LogP contribution in [0, 0.1) is 13.8 Å². The SMILES string of the molecule is CCCc1nc(-c2cc(C)oc2C)ccc1C(=O)O. The molecule has 4 heteroatoms. The molecule has 0 fully saturated rings. The molecular weight excluding hydrogens is 242 g/mol. The summed E-state index contributed by atoms with van der Waals surface area (Å²) in [5.41, 5.74) is 2.60. The van der Waals surface area contributed by atoms with Crippen molar-refractivity contribution in [3.05, 3.63) is 41.0 Å². The third-order valence-electron chi connectivity index (χ3n) is 3.01. The summed E-state index contributed by atoms with van der Waals surface area (Å²) in [5, 5.41) is 9.15. The molecule has 0 aliphatic rings. The molecule has 19 heavy (non-hydrogen) atoms. The number of nitrogens with zero attached hydrogens (tertiary/aromatic N) is 1. The minimum atomic E-state index is -0.928. The van der Waals surface area contributed by atoms with Gasteiger partial charge in [0.1, 0.15) is 11.5 Å². The van der Waals surface area contributed by atoms with Crippen molar-refractivity contribution in [1.82, 2.24) is 4.98 Å². The van der Waals surface area contributed by atoms with Crippen LogP contribution in [0.5, 0.6) is 0 Å². The van der Waals surface area contributed by atoms with Crippen LogP contribution in [-0.4, -0.2) is 16.1 Å². The highest BCUT2D eigenvalue weighted by atomic mass is 16.4. The third-order valence-corrected chi connectivity index (χ3v) is 3.01. The summed E-state index contributed by atoms with van der Waals surface area (Å²) < 4.78 is 5.49. The van der Waals surface area contributed by atoms with Gasteiger partial charge in [0.2, 0.25) is 0 Å². The second kappa shape index (κ2) is 5.26. The van der Waals surface area contributed by atoms with Crippen LogP contribution in [0.25, 0.3) is 11.3 Å². The first kappa shape index (κ1) is 13.3. The normalized spacial score (nSPS) is 10.7. The molecule has 0 unspecified atom stereocenters. The Hall–Kier alpha value is -2.10. The molecule has 0 radical (unpaired) electrons. The first-order chi connectivity index (χ1) is 9.02. The van der Waals surface area contributed by atoms with Gasteiger partial charge in [-0.1, -0.05) is 13.3 Å². The van der Waals surface area contributed by atoms with Gasteiger partial charge in [0, 0.05) is 5.56 Å². The van der Waals surface area contributed by atoms with Gasteiger partial charge in [-0.15, -0.1) is 0 Å². The molecule has 0 atom stereocenters. The van der Waals surface area contributed by atoms with Crippen LogP contribution in [-0.2, 0) is 6.42 Å². The number of hydrogen-bond donors (Lipinski definition) is 1. The summed E-state index contributed by atoms with van der Waals surface area (Å²) in [6.45, 7) is 5.77. The lowest BCUT2D eigenvalue weighted by atomic mass is 10.1. The van der Waals surface area contributed by atoms with E-state index in [-0.39, 0.29) is 5.56 Å². The molecule has 2 rings (SSSR count). The summed E-state index contributed by atoms with van der Waals surface area (Å²) in [6.07, 6.45) is 1.52. The van der Waals surface area contributed by atoms with Crippen molar-refractivity contribution in [2.45, 2.75) is 33.6 Å². The Morgan fingerprint density at radius 2 is 2.11 bits per heavy atom. The van der Waals surface area contributed by atoms with E-state index in [0.717, 1.165) is 29.2 Å². The molecule has 4 nitrogen and oxygen atoms in total. The van der Waals surface area contributed by atoms with E-state index in [2.05, 4.69) is 4.98 Å². The number of aryl methyl sites for hydroxylation is 3. The molecule has 0 aliphatic heterocycles. The monoisotopic (exact) mass is 259 g/mol. The lowest BCUT2D eigenvalue weighted by Gasteiger charge is -2.06. The zero-order valence-electron chi connectivity index (χ0n) is 11.4. The number of aromatic nitrogens is 1. The predicted octanol–water partition coefficient (Wildman–Crippen LogP) is 3.61. The number of carboxylic acids is 1. The van der Waals surface area contributed by atoms with E-state index in [9.17, 15) is 4.79 Å². The molecule has 0 aliphatic carbocycles. The summed E-state index contributed by atoms with van der Waals surface area (Å²) >= 11 is 0. The highest BCUT2D eigenvalue weighted by molar-refractivity contribution is 5.89. The molecule has 0 amide bonds. The smallest absolute Gasteiger partial charge is 0.337 e. The van der Waals surface area contributed by atoms with Crippen LogP contribution in [0.2, 0.25) is 0 Å². The Morgan fingerprint density at radius 1 is 1.37 bits per heavy atom. The van der Waals surface area contributed by atoms with Crippen LogP contribution in [0.4, 0.5) is 0 Å². The lowest BCUT2D eigenvalue weighted by molar-refractivity contribution is 0.0695. The van der Waals surface area contributed by atoms with Gasteiger partial charge in [-0.25, -0.2) is 4.79 Å². The van der Waals surface area contributed by atoms with Crippen LogP contribution < -0.4 is 0 Å². The molecular formula is C15H17NO3. The van der Waals surface area contributed by atoms with Crippen molar-refractivity contribution >= 4 is 5.97 Å². The summed E-state index contributed by atoms with van der Waals surface area (Å²) in [4.78, 5) is 15.6. The molecule has 2 aromatic heterocycles. The molecule has 1 N–H and O–H groups in total. The van der Waals surface area contributed by atoms with E-state index in [1.165, 1.54) is 0 Å². The third kappa shape index (κ3) is 2.67. The number of rotatable bonds is 4. The van der Waals surface area contributed by atoms with Crippen LogP contribution >= 0.6 is 0 Å². The average molecular weight is 259 g/mol. The van der Waals surface area contributed by atoms with Crippen molar-refractivity contribution in [3.63, 3.8) is 0 Å². The van der Waals surface area contributed by atoms with Crippen LogP contribution in [0.1, 0.15) is 40.9 Å². The largest absolute Gasteiger partial charge is 0.478 e. The molecule has 0 saturated carbocycles. The van der Waals surface area contributed by atoms with Crippen LogP contribution in [0.3, 0.4) is 0 Å². The fourth-order valence-electron chi connectivity index (χ4n) is 2.16. The van der Waals surface area contributed by atoms with Gasteiger partial charge in [-0.2, -0.15) is 0 Å². The lowest BCUT2D eigenvalue weighted by Crippen LogP contribution is -2.05. The van der Waals surface area contributed by atoms with Crippen LogP contribution in [0.15, 0.2) is 22.6 Å². The summed E-state index contributed by atoms with van der Waals surface area (Å²) in [7, 11) is 0. The van der Waals surface area contributed by atoms with Crippen molar-refractivity contribution in [2.24, 2.45) is 0 Å². The molecule has 0 spiro atoms. The predicted molar refractivity (Wildman–Crippen MR) is 72.4 cm³/mol. The topological polar surface area (TPSA) is 63.3 Å². The van der Waals surface area contributed by atoms with Gasteiger partial charge in [0.05, 0.1) is 17.0 Å². The van der Waals surface area contributed by atoms with Gasteiger partial charge in [0.15, 0.2) is 0 Å². The number of hydrogen-bond acceptors (Lipinski definition) is 3. The molecule has 0 bridgehead atoms. The van der Waals surface area contributed by atoms with E-state index in [4.69, 9.17) is 9.52 Å². The van der Waals surface area contributed by atoms with Gasteiger partial charge in [-0.3, -0.25) is 4.98 Å². The van der Waals surface area contributed by atoms with E-state index >= 15 is 0 Å². The number of furan rings is 1. The van der Waals surface area contributed by atoms with Gasteiger partial charge >= 0.3 is 5.97 Å². The minimum absolute atomic E-state index is 0.281. The Labute approximate surface area is 112 Å². The van der Waals surface area contributed by atoms with E-state index in [0.29, 0.717) is 12.1 Å². The number of pyridine rings is 1. The van der Waals surface area contributed by atoms with Gasteiger partial charge in [-0.05, 0) is 38.5 Å². The first-order valence-corrected chi connectivity index (χ1v) is 6.33. The fourth-order valence-corrected chi connectivity index (χ4v) is 2.16. The number of carboxylic acid groups (broad SMARTS) is 1. The maximum absolute atomic E-state index is 11.2. The maximum Gasteiger partial charge on any atom is 0.337 e. The van der Waals surface area contributed by atoms with Crippen molar-refractivity contribution in [2.75, 3.05) is 0 Å². The minimum Gasteiger partial charge on any atom is -0.478 e. The molecule has 100 valence electrons. The Kier molecular flexibility index (Phi) is 3.69. The summed E-state index contributed by atoms with van der Waals surface area (Å²) in [6, 6.07) is 5.28. The zero-order chi connectivity index (χ0) is 14.0. The molecule has 0 saturated heterocycles. The quantitative estimate of drug-likeness (QED) is 0.911. The second-order valence-electron chi connectivity index (χ2n) is 4.57. The van der Waals surface area contributed by atoms with E-state index in [1.807, 2.05) is 26.8 Å². The van der Waals surface area contributed by atoms with Crippen molar-refractivity contribution in [3.8, 4) is 11.3 Å². The van der Waals surface area contributed by atoms with Crippen molar-refractivity contribution in [1.29, 1.82) is 0 Å². The first-order valence-electron chi connectivity index (χ1n) is 6.33. The molecule has 0 aromatic carbocycles. The van der Waals surface area contributed by atoms with Gasteiger partial charge in [0.25, 0.3) is 0 Å². The molecule has 2 heterocycles. The number of carbonyl (C=O) groups is 1. The van der Waals surface area contributed by atoms with Crippen molar-refractivity contribution < 1.29 is 14.3 Å².